The minimum Gasteiger partial charge on any atom is -0.504 e. The predicted octanol–water partition coefficient (Wildman–Crippen LogP) is 1.85. The van der Waals surface area contributed by atoms with Crippen molar-refractivity contribution in [2.24, 2.45) is 0 Å². The number of phenols is 1. The molecule has 1 rings (SSSR count). The third kappa shape index (κ3) is 3.01. The van der Waals surface area contributed by atoms with Crippen LogP contribution in [0.15, 0.2) is 18.2 Å². The maximum absolute atomic E-state index is 11.2. The molecule has 0 atom stereocenters. The van der Waals surface area contributed by atoms with Gasteiger partial charge >= 0.3 is 5.97 Å². The third-order valence-corrected chi connectivity index (χ3v) is 2.17. The van der Waals surface area contributed by atoms with Gasteiger partial charge in [-0.05, 0) is 30.7 Å². The maximum atomic E-state index is 11.2. The number of aromatic hydroxyl groups is 1. The number of methoxy groups -OCH3 is 1. The van der Waals surface area contributed by atoms with Crippen molar-refractivity contribution in [3.63, 3.8) is 0 Å². The van der Waals surface area contributed by atoms with Crippen molar-refractivity contribution in [3.05, 3.63) is 29.3 Å². The van der Waals surface area contributed by atoms with E-state index in [9.17, 15) is 9.90 Å². The van der Waals surface area contributed by atoms with Crippen molar-refractivity contribution in [3.8, 4) is 17.6 Å². The van der Waals surface area contributed by atoms with E-state index in [2.05, 4.69) is 0 Å². The minimum atomic E-state index is -0.492. The van der Waals surface area contributed by atoms with Crippen LogP contribution in [0.5, 0.6) is 11.5 Å². The van der Waals surface area contributed by atoms with Gasteiger partial charge in [0.05, 0.1) is 13.7 Å². The van der Waals surface area contributed by atoms with Crippen LogP contribution >= 0.6 is 0 Å². The molecule has 1 aromatic carbocycles. The highest BCUT2D eigenvalue weighted by Gasteiger charge is 2.12. The molecule has 0 aliphatic carbocycles. The maximum Gasteiger partial charge on any atom is 0.330 e. The molecule has 5 nitrogen and oxygen atoms in total. The lowest BCUT2D eigenvalue weighted by Crippen LogP contribution is -1.99. The Morgan fingerprint density at radius 3 is 2.83 bits per heavy atom. The first-order chi connectivity index (χ1) is 8.63. The molecule has 0 spiro atoms. The van der Waals surface area contributed by atoms with Crippen LogP contribution in [0.1, 0.15) is 18.1 Å². The van der Waals surface area contributed by atoms with Gasteiger partial charge in [0.25, 0.3) is 0 Å². The fourth-order valence-corrected chi connectivity index (χ4v) is 1.40. The van der Waals surface area contributed by atoms with Crippen LogP contribution in [0.25, 0.3) is 6.08 Å². The van der Waals surface area contributed by atoms with Crippen LogP contribution in [0.2, 0.25) is 0 Å². The van der Waals surface area contributed by atoms with E-state index in [1.54, 1.807) is 6.92 Å². The Balaban J connectivity index is 3.11. The summed E-state index contributed by atoms with van der Waals surface area (Å²) in [6.45, 7) is 1.99. The SMILES string of the molecule is CCOC(=O)/C=C/c1ccc(O)c(OC)c1C#N. The van der Waals surface area contributed by atoms with Gasteiger partial charge < -0.3 is 14.6 Å². The number of ether oxygens (including phenoxy) is 2. The summed E-state index contributed by atoms with van der Waals surface area (Å²) < 4.78 is 9.67. The van der Waals surface area contributed by atoms with Crippen LogP contribution in [0.4, 0.5) is 0 Å². The first kappa shape index (κ1) is 13.6. The second-order valence-electron chi connectivity index (χ2n) is 3.28. The van der Waals surface area contributed by atoms with Gasteiger partial charge in [0.15, 0.2) is 11.5 Å². The normalized spacial score (nSPS) is 10.1. The van der Waals surface area contributed by atoms with E-state index in [0.717, 1.165) is 0 Å². The Kier molecular flexibility index (Phi) is 4.76. The zero-order valence-electron chi connectivity index (χ0n) is 10.1. The number of hydrogen-bond donors (Lipinski definition) is 1. The standard InChI is InChI=1S/C13H13NO4/c1-3-18-12(16)7-5-9-4-6-11(15)13(17-2)10(9)8-14/h4-7,15H,3H2,1-2H3/b7-5+. The van der Waals surface area contributed by atoms with Crippen molar-refractivity contribution in [1.82, 2.24) is 0 Å². The lowest BCUT2D eigenvalue weighted by molar-refractivity contribution is -0.137. The van der Waals surface area contributed by atoms with Gasteiger partial charge in [0.1, 0.15) is 11.6 Å². The highest BCUT2D eigenvalue weighted by molar-refractivity contribution is 5.88. The monoisotopic (exact) mass is 247 g/mol. The molecule has 0 fully saturated rings. The molecular formula is C13H13NO4. The van der Waals surface area contributed by atoms with Gasteiger partial charge in [0.2, 0.25) is 0 Å². The minimum absolute atomic E-state index is 0.0866. The second kappa shape index (κ2) is 6.30. The fourth-order valence-electron chi connectivity index (χ4n) is 1.40. The second-order valence-corrected chi connectivity index (χ2v) is 3.28. The molecule has 0 radical (unpaired) electrons. The van der Waals surface area contributed by atoms with Crippen molar-refractivity contribution in [1.29, 1.82) is 5.26 Å². The molecule has 0 unspecified atom stereocenters. The number of phenolic OH excluding ortho intramolecular Hbond substituents is 1. The lowest BCUT2D eigenvalue weighted by Gasteiger charge is -2.07. The summed E-state index contributed by atoms with van der Waals surface area (Å²) in [5.74, 6) is -0.528. The number of carbonyl (C=O) groups excluding carboxylic acids is 1. The number of nitriles is 1. The summed E-state index contributed by atoms with van der Waals surface area (Å²) >= 11 is 0. The molecule has 18 heavy (non-hydrogen) atoms. The molecule has 0 saturated carbocycles. The fraction of sp³-hybridized carbons (Fsp3) is 0.231. The molecule has 0 saturated heterocycles. The van der Waals surface area contributed by atoms with Gasteiger partial charge in [-0.1, -0.05) is 0 Å². The summed E-state index contributed by atoms with van der Waals surface area (Å²) in [5.41, 5.74) is 0.637. The molecule has 0 aliphatic heterocycles. The molecule has 94 valence electrons. The van der Waals surface area contributed by atoms with E-state index in [4.69, 9.17) is 14.7 Å². The largest absolute Gasteiger partial charge is 0.504 e. The van der Waals surface area contributed by atoms with E-state index in [1.165, 1.54) is 31.4 Å². The Bertz CT molecular complexity index is 514. The van der Waals surface area contributed by atoms with Crippen LogP contribution < -0.4 is 4.74 Å². The first-order valence-electron chi connectivity index (χ1n) is 5.28. The molecule has 0 aromatic heterocycles. The van der Waals surface area contributed by atoms with Crippen LogP contribution in [-0.2, 0) is 9.53 Å². The van der Waals surface area contributed by atoms with Gasteiger partial charge in [-0.3, -0.25) is 0 Å². The van der Waals surface area contributed by atoms with Gasteiger partial charge in [-0.25, -0.2) is 4.79 Å². The lowest BCUT2D eigenvalue weighted by atomic mass is 10.1. The Labute approximate surface area is 105 Å². The average molecular weight is 247 g/mol. The quantitative estimate of drug-likeness (QED) is 0.648. The van der Waals surface area contributed by atoms with E-state index < -0.39 is 5.97 Å². The highest BCUT2D eigenvalue weighted by atomic mass is 16.5. The predicted molar refractivity (Wildman–Crippen MR) is 65.0 cm³/mol. The smallest absolute Gasteiger partial charge is 0.330 e. The number of esters is 1. The number of carbonyl (C=O) groups is 1. The summed E-state index contributed by atoms with van der Waals surface area (Å²) in [6, 6.07) is 4.84. The molecule has 1 aromatic rings. The average Bonchev–Trinajstić information content (AvgIpc) is 2.37. The third-order valence-electron chi connectivity index (χ3n) is 2.17. The first-order valence-corrected chi connectivity index (χ1v) is 5.28. The van der Waals surface area contributed by atoms with E-state index in [0.29, 0.717) is 5.56 Å². The molecule has 1 N–H and O–H groups in total. The molecule has 0 bridgehead atoms. The number of hydrogen-bond acceptors (Lipinski definition) is 5. The van der Waals surface area contributed by atoms with Crippen LogP contribution in [0.3, 0.4) is 0 Å². The van der Waals surface area contributed by atoms with Crippen molar-refractivity contribution >= 4 is 12.0 Å². The Morgan fingerprint density at radius 2 is 2.28 bits per heavy atom. The summed E-state index contributed by atoms with van der Waals surface area (Å²) in [7, 11) is 1.36. The molecule has 0 aliphatic rings. The topological polar surface area (TPSA) is 79.6 Å². The summed E-state index contributed by atoms with van der Waals surface area (Å²) in [4.78, 5) is 11.2. The van der Waals surface area contributed by atoms with Crippen molar-refractivity contribution in [2.45, 2.75) is 6.92 Å². The van der Waals surface area contributed by atoms with Crippen LogP contribution in [-0.4, -0.2) is 24.8 Å². The summed E-state index contributed by atoms with van der Waals surface area (Å²) in [6.07, 6.45) is 2.66. The number of rotatable bonds is 4. The van der Waals surface area contributed by atoms with Crippen LogP contribution in [0, 0.1) is 11.3 Å². The van der Waals surface area contributed by atoms with Gasteiger partial charge in [-0.2, -0.15) is 5.26 Å². The Morgan fingerprint density at radius 1 is 1.56 bits per heavy atom. The van der Waals surface area contributed by atoms with Gasteiger partial charge in [0, 0.05) is 6.08 Å². The number of nitrogens with zero attached hydrogens (tertiary/aromatic N) is 1. The highest BCUT2D eigenvalue weighted by Crippen LogP contribution is 2.32. The molecule has 0 heterocycles. The molecule has 0 amide bonds. The van der Waals surface area contributed by atoms with E-state index >= 15 is 0 Å². The van der Waals surface area contributed by atoms with E-state index in [-0.39, 0.29) is 23.7 Å². The van der Waals surface area contributed by atoms with Crippen molar-refractivity contribution in [2.75, 3.05) is 13.7 Å². The van der Waals surface area contributed by atoms with E-state index in [1.807, 2.05) is 6.07 Å². The number of benzene rings is 1. The zero-order valence-corrected chi connectivity index (χ0v) is 10.1. The Hall–Kier alpha value is -2.48. The van der Waals surface area contributed by atoms with Crippen molar-refractivity contribution < 1.29 is 19.4 Å². The molecule has 5 heteroatoms. The van der Waals surface area contributed by atoms with Gasteiger partial charge in [-0.15, -0.1) is 0 Å². The molecular weight excluding hydrogens is 234 g/mol. The zero-order chi connectivity index (χ0) is 13.5. The summed E-state index contributed by atoms with van der Waals surface area (Å²) in [5, 5.41) is 18.5.